The molecule has 0 fully saturated rings. The van der Waals surface area contributed by atoms with Gasteiger partial charge in [0.05, 0.1) is 13.2 Å². The van der Waals surface area contributed by atoms with E-state index in [4.69, 9.17) is 4.74 Å². The first-order chi connectivity index (χ1) is 11.2. The molecule has 0 spiro atoms. The second-order valence-corrected chi connectivity index (χ2v) is 6.63. The van der Waals surface area contributed by atoms with Gasteiger partial charge in [-0.3, -0.25) is 0 Å². The van der Waals surface area contributed by atoms with Gasteiger partial charge in [0.15, 0.2) is 0 Å². The molecule has 4 rings (SSSR count). The molecule has 23 heavy (non-hydrogen) atoms. The lowest BCUT2D eigenvalue weighted by Crippen LogP contribution is -2.03. The Morgan fingerprint density at radius 1 is 1.00 bits per heavy atom. The third kappa shape index (κ3) is 2.80. The fraction of sp³-hybridized carbons (Fsp3) is 0.158. The molecule has 0 atom stereocenters. The molecule has 4 heteroatoms. The Labute approximate surface area is 136 Å². The number of hydrogen-bond acceptors (Lipinski definition) is 2. The molecule has 0 radical (unpaired) electrons. The van der Waals surface area contributed by atoms with Gasteiger partial charge in [-0.25, -0.2) is 8.78 Å². The summed E-state index contributed by atoms with van der Waals surface area (Å²) < 4.78 is 33.5. The minimum atomic E-state index is -0.555. The van der Waals surface area contributed by atoms with Crippen molar-refractivity contribution < 1.29 is 13.5 Å². The van der Waals surface area contributed by atoms with Gasteiger partial charge in [0.25, 0.3) is 0 Å². The van der Waals surface area contributed by atoms with Crippen LogP contribution in [0.4, 0.5) is 8.78 Å². The maximum Gasteiger partial charge on any atom is 0.134 e. The first kappa shape index (κ1) is 14.5. The van der Waals surface area contributed by atoms with Crippen molar-refractivity contribution in [3.8, 4) is 10.4 Å². The lowest BCUT2D eigenvalue weighted by atomic mass is 10.0. The standard InChI is InChI=1S/C19H14F2OS/c20-15-2-3-16(17(21)11-15)19-10-14-9-13(1-4-18(14)23-19)12-5-7-22-8-6-12/h1-5,9-11H,6-8H2. The van der Waals surface area contributed by atoms with Crippen LogP contribution in [0.15, 0.2) is 48.5 Å². The Morgan fingerprint density at radius 3 is 2.70 bits per heavy atom. The van der Waals surface area contributed by atoms with Crippen molar-refractivity contribution in [1.29, 1.82) is 0 Å². The van der Waals surface area contributed by atoms with E-state index < -0.39 is 11.6 Å². The lowest BCUT2D eigenvalue weighted by Gasteiger charge is -2.13. The highest BCUT2D eigenvalue weighted by Gasteiger charge is 2.12. The van der Waals surface area contributed by atoms with E-state index in [9.17, 15) is 8.78 Å². The maximum atomic E-state index is 14.0. The third-order valence-corrected chi connectivity index (χ3v) is 5.20. The van der Waals surface area contributed by atoms with Gasteiger partial charge in [-0.1, -0.05) is 12.1 Å². The van der Waals surface area contributed by atoms with Gasteiger partial charge in [-0.2, -0.15) is 0 Å². The highest BCUT2D eigenvalue weighted by Crippen LogP contribution is 2.36. The van der Waals surface area contributed by atoms with E-state index in [0.29, 0.717) is 12.2 Å². The van der Waals surface area contributed by atoms with Crippen LogP contribution in [-0.4, -0.2) is 13.2 Å². The summed E-state index contributed by atoms with van der Waals surface area (Å²) in [5.74, 6) is -1.08. The largest absolute Gasteiger partial charge is 0.377 e. The number of thiophene rings is 1. The van der Waals surface area contributed by atoms with Crippen LogP contribution >= 0.6 is 11.3 Å². The summed E-state index contributed by atoms with van der Waals surface area (Å²) in [7, 11) is 0. The molecule has 0 unspecified atom stereocenters. The van der Waals surface area contributed by atoms with Crippen molar-refractivity contribution in [2.24, 2.45) is 0 Å². The Bertz CT molecular complexity index is 911. The molecular formula is C19H14F2OS. The van der Waals surface area contributed by atoms with Gasteiger partial charge in [-0.15, -0.1) is 11.3 Å². The number of halogens is 2. The Morgan fingerprint density at radius 2 is 1.91 bits per heavy atom. The Hall–Kier alpha value is -2.04. The summed E-state index contributed by atoms with van der Waals surface area (Å²) in [5.41, 5.74) is 2.92. The molecule has 1 aromatic heterocycles. The topological polar surface area (TPSA) is 9.23 Å². The van der Waals surface area contributed by atoms with E-state index in [1.54, 1.807) is 0 Å². The van der Waals surface area contributed by atoms with E-state index >= 15 is 0 Å². The SMILES string of the molecule is Fc1ccc(-c2cc3cc(C4=CCOCC4)ccc3s2)c(F)c1. The molecule has 0 saturated carbocycles. The molecule has 0 saturated heterocycles. The van der Waals surface area contributed by atoms with Crippen LogP contribution < -0.4 is 0 Å². The summed E-state index contributed by atoms with van der Waals surface area (Å²) in [6.07, 6.45) is 3.02. The predicted molar refractivity (Wildman–Crippen MR) is 90.6 cm³/mol. The lowest BCUT2D eigenvalue weighted by molar-refractivity contribution is 0.161. The van der Waals surface area contributed by atoms with Crippen LogP contribution in [0.5, 0.6) is 0 Å². The summed E-state index contributed by atoms with van der Waals surface area (Å²) in [4.78, 5) is 0.815. The Kier molecular flexibility index (Phi) is 3.71. The zero-order valence-corrected chi connectivity index (χ0v) is 13.1. The van der Waals surface area contributed by atoms with E-state index in [-0.39, 0.29) is 0 Å². The summed E-state index contributed by atoms with van der Waals surface area (Å²) >= 11 is 1.52. The van der Waals surface area contributed by atoms with Crippen molar-refractivity contribution in [2.75, 3.05) is 13.2 Å². The monoisotopic (exact) mass is 328 g/mol. The fourth-order valence-electron chi connectivity index (χ4n) is 2.85. The van der Waals surface area contributed by atoms with Gasteiger partial charge < -0.3 is 4.74 Å². The molecule has 2 heterocycles. The van der Waals surface area contributed by atoms with E-state index in [1.165, 1.54) is 34.6 Å². The molecule has 0 bridgehead atoms. The predicted octanol–water partition coefficient (Wildman–Crippen LogP) is 5.65. The molecule has 0 amide bonds. The molecule has 1 aliphatic heterocycles. The molecule has 1 nitrogen and oxygen atoms in total. The van der Waals surface area contributed by atoms with Crippen LogP contribution in [0.25, 0.3) is 26.1 Å². The van der Waals surface area contributed by atoms with Crippen LogP contribution in [0, 0.1) is 11.6 Å². The van der Waals surface area contributed by atoms with Crippen LogP contribution in [-0.2, 0) is 4.74 Å². The zero-order valence-electron chi connectivity index (χ0n) is 12.3. The molecule has 3 aromatic rings. The smallest absolute Gasteiger partial charge is 0.134 e. The summed E-state index contributed by atoms with van der Waals surface area (Å²) in [5, 5.41) is 1.08. The average Bonchev–Trinajstić information content (AvgIpc) is 2.98. The van der Waals surface area contributed by atoms with Gasteiger partial charge in [0.1, 0.15) is 11.6 Å². The first-order valence-electron chi connectivity index (χ1n) is 7.47. The average molecular weight is 328 g/mol. The van der Waals surface area contributed by atoms with Crippen LogP contribution in [0.3, 0.4) is 0 Å². The molecule has 116 valence electrons. The van der Waals surface area contributed by atoms with Crippen molar-refractivity contribution in [3.05, 3.63) is 65.7 Å². The third-order valence-electron chi connectivity index (χ3n) is 4.05. The number of hydrogen-bond donors (Lipinski definition) is 0. The normalized spacial score (nSPS) is 15.0. The summed E-state index contributed by atoms with van der Waals surface area (Å²) in [6, 6.07) is 12.0. The van der Waals surface area contributed by atoms with Gasteiger partial charge >= 0.3 is 0 Å². The number of ether oxygens (including phenoxy) is 1. The summed E-state index contributed by atoms with van der Waals surface area (Å²) in [6.45, 7) is 1.41. The number of benzene rings is 2. The molecule has 2 aromatic carbocycles. The zero-order chi connectivity index (χ0) is 15.8. The molecule has 0 N–H and O–H groups in total. The minimum Gasteiger partial charge on any atom is -0.377 e. The van der Waals surface area contributed by atoms with Crippen molar-refractivity contribution in [1.82, 2.24) is 0 Å². The van der Waals surface area contributed by atoms with E-state index in [0.717, 1.165) is 34.1 Å². The van der Waals surface area contributed by atoms with Crippen molar-refractivity contribution in [2.45, 2.75) is 6.42 Å². The van der Waals surface area contributed by atoms with E-state index in [2.05, 4.69) is 24.3 Å². The van der Waals surface area contributed by atoms with Gasteiger partial charge in [-0.05, 0) is 53.3 Å². The van der Waals surface area contributed by atoms with Crippen molar-refractivity contribution in [3.63, 3.8) is 0 Å². The second-order valence-electron chi connectivity index (χ2n) is 5.54. The fourth-order valence-corrected chi connectivity index (χ4v) is 3.92. The van der Waals surface area contributed by atoms with Crippen LogP contribution in [0.1, 0.15) is 12.0 Å². The van der Waals surface area contributed by atoms with Gasteiger partial charge in [0, 0.05) is 21.2 Å². The molecule has 0 aliphatic carbocycles. The number of rotatable bonds is 2. The van der Waals surface area contributed by atoms with Crippen molar-refractivity contribution >= 4 is 27.0 Å². The molecule has 1 aliphatic rings. The quantitative estimate of drug-likeness (QED) is 0.590. The number of fused-ring (bicyclic) bond motifs is 1. The first-order valence-corrected chi connectivity index (χ1v) is 8.28. The maximum absolute atomic E-state index is 14.0. The Balaban J connectivity index is 1.77. The van der Waals surface area contributed by atoms with Gasteiger partial charge in [0.2, 0.25) is 0 Å². The molecular weight excluding hydrogens is 314 g/mol. The van der Waals surface area contributed by atoms with Crippen LogP contribution in [0.2, 0.25) is 0 Å². The highest BCUT2D eigenvalue weighted by atomic mass is 32.1. The highest BCUT2D eigenvalue weighted by molar-refractivity contribution is 7.22. The van der Waals surface area contributed by atoms with E-state index in [1.807, 2.05) is 6.07 Å². The minimum absolute atomic E-state index is 0.444. The second kappa shape index (κ2) is 5.87.